The van der Waals surface area contributed by atoms with E-state index in [9.17, 15) is 0 Å². The number of rotatable bonds is 2. The van der Waals surface area contributed by atoms with Gasteiger partial charge >= 0.3 is 0 Å². The minimum absolute atomic E-state index is 0.106. The predicted molar refractivity (Wildman–Crippen MR) is 82.9 cm³/mol. The van der Waals surface area contributed by atoms with Gasteiger partial charge < -0.3 is 16.4 Å². The SMILES string of the molecule is N#CN=C(N)/N=C(\N)N1CCC(n2nccc2C2CC2)CC1. The Morgan fingerprint density at radius 1 is 1.27 bits per heavy atom. The highest BCUT2D eigenvalue weighted by atomic mass is 15.3. The lowest BCUT2D eigenvalue weighted by Crippen LogP contribution is -2.44. The zero-order valence-electron chi connectivity index (χ0n) is 12.4. The van der Waals surface area contributed by atoms with Gasteiger partial charge in [0, 0.05) is 30.9 Å². The number of hydrogen-bond acceptors (Lipinski definition) is 3. The molecule has 1 aliphatic carbocycles. The molecule has 22 heavy (non-hydrogen) atoms. The van der Waals surface area contributed by atoms with Crippen LogP contribution in [0.3, 0.4) is 0 Å². The predicted octanol–water partition coefficient (Wildman–Crippen LogP) is 0.508. The van der Waals surface area contributed by atoms with Crippen LogP contribution >= 0.6 is 0 Å². The van der Waals surface area contributed by atoms with Crippen molar-refractivity contribution in [3.63, 3.8) is 0 Å². The lowest BCUT2D eigenvalue weighted by Gasteiger charge is -2.33. The Morgan fingerprint density at radius 3 is 2.64 bits per heavy atom. The van der Waals surface area contributed by atoms with Crippen LogP contribution in [0.15, 0.2) is 22.2 Å². The van der Waals surface area contributed by atoms with Crippen molar-refractivity contribution in [1.82, 2.24) is 14.7 Å². The smallest absolute Gasteiger partial charge is 0.234 e. The Labute approximate surface area is 129 Å². The summed E-state index contributed by atoms with van der Waals surface area (Å²) < 4.78 is 2.19. The maximum absolute atomic E-state index is 8.43. The Bertz CT molecular complexity index is 626. The molecule has 1 aromatic heterocycles. The number of nitrogens with zero attached hydrogens (tertiary/aromatic N) is 6. The van der Waals surface area contributed by atoms with Gasteiger partial charge in [-0.2, -0.15) is 15.4 Å². The summed E-state index contributed by atoms with van der Waals surface area (Å²) in [5, 5.41) is 12.9. The van der Waals surface area contributed by atoms with E-state index in [1.165, 1.54) is 18.5 Å². The van der Waals surface area contributed by atoms with Gasteiger partial charge in [0.1, 0.15) is 0 Å². The third kappa shape index (κ3) is 3.03. The molecule has 0 aromatic carbocycles. The summed E-state index contributed by atoms with van der Waals surface area (Å²) in [5.41, 5.74) is 12.8. The number of likely N-dealkylation sites (tertiary alicyclic amines) is 1. The highest BCUT2D eigenvalue weighted by Crippen LogP contribution is 2.41. The van der Waals surface area contributed by atoms with Crippen LogP contribution in [0.4, 0.5) is 0 Å². The number of aromatic nitrogens is 2. The second kappa shape index (κ2) is 6.05. The molecule has 0 unspecified atom stereocenters. The molecule has 0 amide bonds. The van der Waals surface area contributed by atoms with Crippen molar-refractivity contribution in [3.05, 3.63) is 18.0 Å². The molecule has 1 aliphatic heterocycles. The van der Waals surface area contributed by atoms with Gasteiger partial charge in [-0.1, -0.05) is 0 Å². The van der Waals surface area contributed by atoms with Gasteiger partial charge in [-0.25, -0.2) is 0 Å². The lowest BCUT2D eigenvalue weighted by atomic mass is 10.0. The van der Waals surface area contributed by atoms with Crippen LogP contribution < -0.4 is 11.5 Å². The Balaban J connectivity index is 1.62. The quantitative estimate of drug-likeness (QED) is 0.468. The van der Waals surface area contributed by atoms with Crippen molar-refractivity contribution >= 4 is 11.9 Å². The summed E-state index contributed by atoms with van der Waals surface area (Å²) in [5.74, 6) is 0.914. The molecule has 0 spiro atoms. The lowest BCUT2D eigenvalue weighted by molar-refractivity contribution is 0.249. The molecule has 8 heteroatoms. The van der Waals surface area contributed by atoms with Gasteiger partial charge in [0.05, 0.1) is 6.04 Å². The second-order valence-electron chi connectivity index (χ2n) is 5.73. The van der Waals surface area contributed by atoms with Gasteiger partial charge in [-0.15, -0.1) is 4.99 Å². The van der Waals surface area contributed by atoms with Crippen LogP contribution in [-0.4, -0.2) is 39.7 Å². The highest BCUT2D eigenvalue weighted by Gasteiger charge is 2.30. The normalized spacial score (nSPS) is 21.0. The average Bonchev–Trinajstić information content (AvgIpc) is 3.24. The van der Waals surface area contributed by atoms with Crippen LogP contribution in [0.2, 0.25) is 0 Å². The Morgan fingerprint density at radius 2 is 2.00 bits per heavy atom. The molecule has 2 heterocycles. The highest BCUT2D eigenvalue weighted by molar-refractivity contribution is 5.93. The fourth-order valence-electron chi connectivity index (χ4n) is 2.94. The van der Waals surface area contributed by atoms with Gasteiger partial charge in [0.25, 0.3) is 0 Å². The summed E-state index contributed by atoms with van der Waals surface area (Å²) in [7, 11) is 0. The van der Waals surface area contributed by atoms with E-state index in [1.54, 1.807) is 6.19 Å². The molecular formula is C14H20N8. The first kappa shape index (κ1) is 14.4. The molecule has 2 fully saturated rings. The van der Waals surface area contributed by atoms with Crippen LogP contribution in [-0.2, 0) is 0 Å². The van der Waals surface area contributed by atoms with Gasteiger partial charge in [-0.3, -0.25) is 4.68 Å². The van der Waals surface area contributed by atoms with Gasteiger partial charge in [0.15, 0.2) is 5.96 Å². The van der Waals surface area contributed by atoms with E-state index in [1.807, 2.05) is 11.1 Å². The number of nitrogens with two attached hydrogens (primary N) is 2. The van der Waals surface area contributed by atoms with Crippen molar-refractivity contribution in [2.45, 2.75) is 37.6 Å². The first-order valence-corrected chi connectivity index (χ1v) is 7.54. The number of nitriles is 1. The van der Waals surface area contributed by atoms with E-state index >= 15 is 0 Å². The molecule has 3 rings (SSSR count). The first-order chi connectivity index (χ1) is 10.7. The summed E-state index contributed by atoms with van der Waals surface area (Å²) in [4.78, 5) is 9.25. The van der Waals surface area contributed by atoms with E-state index < -0.39 is 0 Å². The summed E-state index contributed by atoms with van der Waals surface area (Å²) in [6.07, 6.45) is 7.98. The third-order valence-corrected chi connectivity index (χ3v) is 4.22. The summed E-state index contributed by atoms with van der Waals surface area (Å²) in [6, 6.07) is 2.55. The molecule has 0 atom stereocenters. The molecule has 116 valence electrons. The van der Waals surface area contributed by atoms with E-state index in [-0.39, 0.29) is 5.96 Å². The fourth-order valence-corrected chi connectivity index (χ4v) is 2.94. The fraction of sp³-hybridized carbons (Fsp3) is 0.571. The summed E-state index contributed by atoms with van der Waals surface area (Å²) in [6.45, 7) is 1.59. The minimum Gasteiger partial charge on any atom is -0.369 e. The average molecular weight is 300 g/mol. The maximum Gasteiger partial charge on any atom is 0.234 e. The van der Waals surface area contributed by atoms with Crippen LogP contribution in [0, 0.1) is 11.5 Å². The number of hydrogen-bond donors (Lipinski definition) is 2. The van der Waals surface area contributed by atoms with Crippen molar-refractivity contribution in [2.75, 3.05) is 13.1 Å². The van der Waals surface area contributed by atoms with Crippen LogP contribution in [0.25, 0.3) is 0 Å². The molecular weight excluding hydrogens is 280 g/mol. The van der Waals surface area contributed by atoms with Crippen molar-refractivity contribution in [1.29, 1.82) is 5.26 Å². The minimum atomic E-state index is -0.106. The van der Waals surface area contributed by atoms with Crippen molar-refractivity contribution in [3.8, 4) is 6.19 Å². The Kier molecular flexibility index (Phi) is 3.96. The topological polar surface area (TPSA) is 122 Å². The third-order valence-electron chi connectivity index (χ3n) is 4.22. The van der Waals surface area contributed by atoms with Crippen LogP contribution in [0.5, 0.6) is 0 Å². The largest absolute Gasteiger partial charge is 0.369 e. The van der Waals surface area contributed by atoms with Crippen LogP contribution in [0.1, 0.15) is 43.3 Å². The van der Waals surface area contributed by atoms with Crippen molar-refractivity contribution < 1.29 is 0 Å². The standard InChI is InChI=1S/C14H20N8/c15-9-18-13(16)20-14(17)21-7-4-11(5-8-21)22-12(3-6-19-22)10-1-2-10/h3,6,10-11H,1-2,4-5,7-8H2,(H4,16,17,18,20). The van der Waals surface area contributed by atoms with Gasteiger partial charge in [-0.05, 0) is 31.7 Å². The molecule has 0 bridgehead atoms. The molecule has 8 nitrogen and oxygen atoms in total. The number of aliphatic imine (C=N–C) groups is 2. The monoisotopic (exact) mass is 300 g/mol. The van der Waals surface area contributed by atoms with E-state index in [2.05, 4.69) is 25.8 Å². The molecule has 1 saturated carbocycles. The maximum atomic E-state index is 8.43. The first-order valence-electron chi connectivity index (χ1n) is 7.54. The van der Waals surface area contributed by atoms with Crippen molar-refractivity contribution in [2.24, 2.45) is 21.5 Å². The molecule has 4 N–H and O–H groups in total. The Hall–Kier alpha value is -2.56. The summed E-state index contributed by atoms with van der Waals surface area (Å²) >= 11 is 0. The van der Waals surface area contributed by atoms with E-state index in [0.717, 1.165) is 25.9 Å². The molecule has 1 saturated heterocycles. The van der Waals surface area contributed by atoms with Gasteiger partial charge in [0.2, 0.25) is 12.2 Å². The van der Waals surface area contributed by atoms with E-state index in [0.29, 0.717) is 17.9 Å². The van der Waals surface area contributed by atoms with E-state index in [4.69, 9.17) is 16.7 Å². The molecule has 0 radical (unpaired) electrons. The molecule has 1 aromatic rings. The zero-order chi connectivity index (χ0) is 15.5. The number of guanidine groups is 2. The number of piperidine rings is 1. The molecule has 2 aliphatic rings. The zero-order valence-corrected chi connectivity index (χ0v) is 12.4. The second-order valence-corrected chi connectivity index (χ2v) is 5.73.